The van der Waals surface area contributed by atoms with Crippen molar-refractivity contribution in [3.05, 3.63) is 0 Å². The third-order valence-corrected chi connectivity index (χ3v) is 4.67. The van der Waals surface area contributed by atoms with Crippen molar-refractivity contribution in [2.45, 2.75) is 38.4 Å². The maximum atomic E-state index is 12.1. The summed E-state index contributed by atoms with van der Waals surface area (Å²) in [5, 5.41) is 0. The SMILES string of the molecule is CC(=O)C(=O)[C@]12CC[C@H](O1)[C@@H]1COC(=O)[C@@]12C. The zero-order valence-electron chi connectivity index (χ0n) is 9.82. The molecule has 2 bridgehead atoms. The van der Waals surface area contributed by atoms with Gasteiger partial charge < -0.3 is 9.47 Å². The maximum Gasteiger partial charge on any atom is 0.315 e. The number of hydrogen-bond donors (Lipinski definition) is 0. The number of carbonyl (C=O) groups excluding carboxylic acids is 3. The van der Waals surface area contributed by atoms with Gasteiger partial charge in [0.2, 0.25) is 5.78 Å². The third kappa shape index (κ3) is 0.972. The second-order valence-electron chi connectivity index (χ2n) is 5.31. The monoisotopic (exact) mass is 238 g/mol. The summed E-state index contributed by atoms with van der Waals surface area (Å²) in [7, 11) is 0. The van der Waals surface area contributed by atoms with Gasteiger partial charge in [-0.2, -0.15) is 0 Å². The molecule has 3 saturated heterocycles. The topological polar surface area (TPSA) is 69.7 Å². The molecule has 0 radical (unpaired) electrons. The van der Waals surface area contributed by atoms with Crippen molar-refractivity contribution in [3.8, 4) is 0 Å². The van der Waals surface area contributed by atoms with Crippen LogP contribution in [0.3, 0.4) is 0 Å². The van der Waals surface area contributed by atoms with Crippen LogP contribution >= 0.6 is 0 Å². The number of Topliss-reactive ketones (excluding diaryl/α,β-unsaturated/α-hetero) is 2. The standard InChI is InChI=1S/C12H14O5/c1-6(13)9(14)12-4-3-8(17-12)7-5-16-10(15)11(7,12)2/h7-8H,3-5H2,1-2H3/t7-,8-,11+,12-/m0/s1. The molecule has 0 aromatic rings. The fraction of sp³-hybridized carbons (Fsp3) is 0.750. The Kier molecular flexibility index (Phi) is 1.90. The maximum absolute atomic E-state index is 12.1. The van der Waals surface area contributed by atoms with E-state index in [1.807, 2.05) is 0 Å². The molecule has 3 fully saturated rings. The Hall–Kier alpha value is -1.23. The lowest BCUT2D eigenvalue weighted by Crippen LogP contribution is -2.56. The van der Waals surface area contributed by atoms with Gasteiger partial charge in [-0.3, -0.25) is 14.4 Å². The molecule has 0 N–H and O–H groups in total. The van der Waals surface area contributed by atoms with Crippen molar-refractivity contribution in [2.24, 2.45) is 11.3 Å². The smallest absolute Gasteiger partial charge is 0.315 e. The van der Waals surface area contributed by atoms with Crippen LogP contribution in [0.2, 0.25) is 0 Å². The number of fused-ring (bicyclic) bond motifs is 5. The Morgan fingerprint density at radius 1 is 1.41 bits per heavy atom. The minimum atomic E-state index is -1.26. The van der Waals surface area contributed by atoms with Gasteiger partial charge in [0.1, 0.15) is 5.41 Å². The average Bonchev–Trinajstić information content (AvgIpc) is 2.89. The Morgan fingerprint density at radius 3 is 2.76 bits per heavy atom. The highest BCUT2D eigenvalue weighted by Crippen LogP contribution is 2.62. The van der Waals surface area contributed by atoms with Gasteiger partial charge in [0, 0.05) is 12.8 Å². The van der Waals surface area contributed by atoms with E-state index in [1.54, 1.807) is 6.92 Å². The van der Waals surface area contributed by atoms with Gasteiger partial charge >= 0.3 is 5.97 Å². The predicted molar refractivity (Wildman–Crippen MR) is 55.1 cm³/mol. The average molecular weight is 238 g/mol. The van der Waals surface area contributed by atoms with E-state index >= 15 is 0 Å². The fourth-order valence-electron chi connectivity index (χ4n) is 3.65. The van der Waals surface area contributed by atoms with Crippen molar-refractivity contribution in [3.63, 3.8) is 0 Å². The molecule has 17 heavy (non-hydrogen) atoms. The summed E-state index contributed by atoms with van der Waals surface area (Å²) in [4.78, 5) is 35.4. The molecular formula is C12H14O5. The minimum Gasteiger partial charge on any atom is -0.465 e. The summed E-state index contributed by atoms with van der Waals surface area (Å²) in [5.41, 5.74) is -2.24. The van der Waals surface area contributed by atoms with Gasteiger partial charge in [-0.05, 0) is 19.8 Å². The van der Waals surface area contributed by atoms with Crippen LogP contribution < -0.4 is 0 Å². The molecule has 0 spiro atoms. The van der Waals surface area contributed by atoms with Gasteiger partial charge in [0.15, 0.2) is 11.4 Å². The van der Waals surface area contributed by atoms with Crippen LogP contribution in [0.25, 0.3) is 0 Å². The first-order valence-electron chi connectivity index (χ1n) is 5.84. The number of ketones is 2. The van der Waals surface area contributed by atoms with E-state index < -0.39 is 28.6 Å². The van der Waals surface area contributed by atoms with Crippen molar-refractivity contribution in [1.82, 2.24) is 0 Å². The number of carbonyl (C=O) groups is 3. The Morgan fingerprint density at radius 2 is 2.12 bits per heavy atom. The molecule has 3 heterocycles. The molecule has 0 amide bonds. The number of cyclic esters (lactones) is 1. The van der Waals surface area contributed by atoms with E-state index in [1.165, 1.54) is 6.92 Å². The predicted octanol–water partition coefficient (Wildman–Crippen LogP) is 0.255. The van der Waals surface area contributed by atoms with Crippen molar-refractivity contribution < 1.29 is 23.9 Å². The van der Waals surface area contributed by atoms with Crippen LogP contribution in [-0.2, 0) is 23.9 Å². The second-order valence-corrected chi connectivity index (χ2v) is 5.31. The highest BCUT2D eigenvalue weighted by molar-refractivity contribution is 6.40. The largest absolute Gasteiger partial charge is 0.465 e. The molecule has 5 nitrogen and oxygen atoms in total. The van der Waals surface area contributed by atoms with E-state index in [9.17, 15) is 14.4 Å². The van der Waals surface area contributed by atoms with Crippen LogP contribution in [0, 0.1) is 11.3 Å². The molecule has 92 valence electrons. The Balaban J connectivity index is 2.13. The zero-order chi connectivity index (χ0) is 12.4. The van der Waals surface area contributed by atoms with E-state index in [0.717, 1.165) is 6.42 Å². The lowest BCUT2D eigenvalue weighted by Gasteiger charge is -2.36. The van der Waals surface area contributed by atoms with Crippen LogP contribution in [0.15, 0.2) is 0 Å². The van der Waals surface area contributed by atoms with Gasteiger partial charge in [-0.25, -0.2) is 0 Å². The molecule has 0 aromatic heterocycles. The normalized spacial score (nSPS) is 46.8. The first-order chi connectivity index (χ1) is 7.93. The molecule has 0 unspecified atom stereocenters. The van der Waals surface area contributed by atoms with E-state index in [-0.39, 0.29) is 12.0 Å². The number of ether oxygens (including phenoxy) is 2. The first-order valence-corrected chi connectivity index (χ1v) is 5.84. The molecule has 0 aromatic carbocycles. The van der Waals surface area contributed by atoms with E-state index in [2.05, 4.69) is 0 Å². The molecule has 0 saturated carbocycles. The van der Waals surface area contributed by atoms with Gasteiger partial charge in [-0.1, -0.05) is 0 Å². The molecule has 3 aliphatic heterocycles. The Labute approximate surface area is 98.4 Å². The molecular weight excluding hydrogens is 224 g/mol. The minimum absolute atomic E-state index is 0.0907. The quantitative estimate of drug-likeness (QED) is 0.509. The van der Waals surface area contributed by atoms with Crippen LogP contribution in [0.1, 0.15) is 26.7 Å². The van der Waals surface area contributed by atoms with Gasteiger partial charge in [0.25, 0.3) is 0 Å². The van der Waals surface area contributed by atoms with Crippen LogP contribution in [0.5, 0.6) is 0 Å². The summed E-state index contributed by atoms with van der Waals surface area (Å²) < 4.78 is 10.8. The van der Waals surface area contributed by atoms with E-state index in [0.29, 0.717) is 13.0 Å². The van der Waals surface area contributed by atoms with Crippen LogP contribution in [-0.4, -0.2) is 35.8 Å². The number of rotatable bonds is 2. The van der Waals surface area contributed by atoms with Crippen LogP contribution in [0.4, 0.5) is 0 Å². The number of esters is 1. The molecule has 0 aliphatic carbocycles. The Bertz CT molecular complexity index is 442. The summed E-state index contributed by atoms with van der Waals surface area (Å²) in [6, 6.07) is 0. The van der Waals surface area contributed by atoms with Crippen molar-refractivity contribution >= 4 is 17.5 Å². The lowest BCUT2D eigenvalue weighted by molar-refractivity contribution is -0.166. The second kappa shape index (κ2) is 2.96. The summed E-state index contributed by atoms with van der Waals surface area (Å²) in [6.07, 6.45) is 1.03. The summed E-state index contributed by atoms with van der Waals surface area (Å²) >= 11 is 0. The molecule has 5 heteroatoms. The molecule has 4 atom stereocenters. The molecule has 3 aliphatic rings. The van der Waals surface area contributed by atoms with E-state index in [4.69, 9.17) is 9.47 Å². The lowest BCUT2D eigenvalue weighted by atomic mass is 9.60. The zero-order valence-corrected chi connectivity index (χ0v) is 9.82. The first kappa shape index (κ1) is 10.9. The third-order valence-electron chi connectivity index (χ3n) is 4.67. The highest BCUT2D eigenvalue weighted by atomic mass is 16.6. The highest BCUT2D eigenvalue weighted by Gasteiger charge is 2.76. The van der Waals surface area contributed by atoms with Gasteiger partial charge in [0.05, 0.1) is 12.7 Å². The van der Waals surface area contributed by atoms with Crippen molar-refractivity contribution in [2.75, 3.05) is 6.61 Å². The summed E-state index contributed by atoms with van der Waals surface area (Å²) in [5.74, 6) is -1.62. The summed E-state index contributed by atoms with van der Waals surface area (Å²) in [6.45, 7) is 3.23. The van der Waals surface area contributed by atoms with Gasteiger partial charge in [-0.15, -0.1) is 0 Å². The van der Waals surface area contributed by atoms with Crippen molar-refractivity contribution in [1.29, 1.82) is 0 Å². The fourth-order valence-corrected chi connectivity index (χ4v) is 3.65. The number of hydrogen-bond acceptors (Lipinski definition) is 5. The molecule has 3 rings (SSSR count).